The lowest BCUT2D eigenvalue weighted by Gasteiger charge is -2.25. The molecule has 34 heavy (non-hydrogen) atoms. The van der Waals surface area contributed by atoms with Gasteiger partial charge in [0.25, 0.3) is 11.8 Å². The monoisotopic (exact) mass is 455 g/mol. The van der Waals surface area contributed by atoms with Gasteiger partial charge in [-0.2, -0.15) is 0 Å². The number of benzene rings is 2. The van der Waals surface area contributed by atoms with Crippen LogP contribution >= 0.6 is 0 Å². The number of imide groups is 1. The average molecular weight is 456 g/mol. The van der Waals surface area contributed by atoms with Crippen molar-refractivity contribution in [3.8, 4) is 5.75 Å². The summed E-state index contributed by atoms with van der Waals surface area (Å²) in [5.74, 6) is -0.0825. The van der Waals surface area contributed by atoms with Crippen molar-refractivity contribution in [1.82, 2.24) is 9.88 Å². The number of carbonyl (C=O) groups excluding carboxylic acids is 2. The number of carbonyl (C=O) groups is 2. The second-order valence-electron chi connectivity index (χ2n) is 8.27. The Hall–Kier alpha value is -3.93. The molecule has 0 fully saturated rings. The van der Waals surface area contributed by atoms with Gasteiger partial charge in [0.1, 0.15) is 11.4 Å². The number of pyridine rings is 1. The van der Waals surface area contributed by atoms with Gasteiger partial charge >= 0.3 is 0 Å². The molecular formula is C28H29N3O3. The zero-order valence-electron chi connectivity index (χ0n) is 20.0. The molecule has 174 valence electrons. The quantitative estimate of drug-likeness (QED) is 0.466. The number of aromatic nitrogens is 1. The molecule has 0 atom stereocenters. The second kappa shape index (κ2) is 9.91. The Morgan fingerprint density at radius 2 is 1.68 bits per heavy atom. The van der Waals surface area contributed by atoms with Crippen LogP contribution in [0.5, 0.6) is 5.75 Å². The fourth-order valence-electron chi connectivity index (χ4n) is 4.34. The number of likely N-dealkylation sites (N-methyl/N-ethyl adjacent to an activating group) is 1. The highest BCUT2D eigenvalue weighted by Gasteiger charge is 2.43. The van der Waals surface area contributed by atoms with Crippen molar-refractivity contribution < 1.29 is 14.3 Å². The zero-order chi connectivity index (χ0) is 24.2. The first-order valence-corrected chi connectivity index (χ1v) is 11.4. The number of amides is 2. The average Bonchev–Trinajstić information content (AvgIpc) is 3.11. The number of anilines is 1. The van der Waals surface area contributed by atoms with E-state index in [9.17, 15) is 9.59 Å². The molecule has 0 saturated carbocycles. The molecule has 0 aliphatic carbocycles. The summed E-state index contributed by atoms with van der Waals surface area (Å²) in [7, 11) is 1.57. The zero-order valence-corrected chi connectivity index (χ0v) is 20.0. The first-order chi connectivity index (χ1) is 16.5. The lowest BCUT2D eigenvalue weighted by molar-refractivity contribution is -0.120. The van der Waals surface area contributed by atoms with Crippen molar-refractivity contribution >= 4 is 23.1 Å². The Labute approximate surface area is 200 Å². The summed E-state index contributed by atoms with van der Waals surface area (Å²) < 4.78 is 5.57. The minimum atomic E-state index is -0.333. The van der Waals surface area contributed by atoms with Crippen LogP contribution in [0.25, 0.3) is 5.57 Å². The molecular weight excluding hydrogens is 426 g/mol. The standard InChI is InChI=1S/C28H29N3O3/c1-5-30(18-15-21-13-16-29-17-14-21)26-25(22-10-6-7-12-24(22)34-4)27(32)31(28(26)33)23-11-8-9-19(2)20(23)3/h6-14,16-17H,5,15,18H2,1-4H3. The van der Waals surface area contributed by atoms with E-state index < -0.39 is 0 Å². The van der Waals surface area contributed by atoms with Gasteiger partial charge in [0.2, 0.25) is 0 Å². The third-order valence-corrected chi connectivity index (χ3v) is 6.37. The second-order valence-corrected chi connectivity index (χ2v) is 8.27. The van der Waals surface area contributed by atoms with Crippen LogP contribution in [-0.2, 0) is 16.0 Å². The van der Waals surface area contributed by atoms with Gasteiger partial charge in [0.05, 0.1) is 18.4 Å². The minimum absolute atomic E-state index is 0.309. The summed E-state index contributed by atoms with van der Waals surface area (Å²) in [6.45, 7) is 7.09. The largest absolute Gasteiger partial charge is 0.496 e. The van der Waals surface area contributed by atoms with E-state index in [4.69, 9.17) is 4.74 Å². The molecule has 0 N–H and O–H groups in total. The normalized spacial score (nSPS) is 13.6. The van der Waals surface area contributed by atoms with Crippen LogP contribution in [-0.4, -0.2) is 41.9 Å². The highest BCUT2D eigenvalue weighted by Crippen LogP contribution is 2.39. The van der Waals surface area contributed by atoms with E-state index in [0.29, 0.717) is 41.4 Å². The van der Waals surface area contributed by atoms with Crippen molar-refractivity contribution in [3.05, 3.63) is 94.9 Å². The van der Waals surface area contributed by atoms with Gasteiger partial charge in [-0.05, 0) is 68.1 Å². The molecule has 1 aromatic heterocycles. The number of methoxy groups -OCH3 is 1. The first-order valence-electron chi connectivity index (χ1n) is 11.4. The summed E-state index contributed by atoms with van der Waals surface area (Å²) in [6, 6.07) is 17.0. The molecule has 2 amide bonds. The van der Waals surface area contributed by atoms with Gasteiger partial charge < -0.3 is 9.64 Å². The summed E-state index contributed by atoms with van der Waals surface area (Å²) in [4.78, 5) is 35.2. The van der Waals surface area contributed by atoms with Crippen LogP contribution < -0.4 is 9.64 Å². The fraction of sp³-hybridized carbons (Fsp3) is 0.250. The molecule has 6 nitrogen and oxygen atoms in total. The van der Waals surface area contributed by atoms with Crippen LogP contribution in [0.15, 0.2) is 72.7 Å². The van der Waals surface area contributed by atoms with E-state index in [1.807, 2.05) is 80.3 Å². The Kier molecular flexibility index (Phi) is 6.77. The molecule has 2 heterocycles. The van der Waals surface area contributed by atoms with E-state index in [2.05, 4.69) is 4.98 Å². The molecule has 0 bridgehead atoms. The van der Waals surface area contributed by atoms with Crippen LogP contribution in [0.2, 0.25) is 0 Å². The summed E-state index contributed by atoms with van der Waals surface area (Å²) in [5, 5.41) is 0. The lowest BCUT2D eigenvalue weighted by atomic mass is 10.0. The Bertz CT molecular complexity index is 1250. The van der Waals surface area contributed by atoms with Crippen molar-refractivity contribution in [2.45, 2.75) is 27.2 Å². The molecule has 1 aliphatic heterocycles. The van der Waals surface area contributed by atoms with Gasteiger partial charge in [-0.25, -0.2) is 4.90 Å². The molecule has 0 radical (unpaired) electrons. The molecule has 2 aromatic carbocycles. The number of aryl methyl sites for hydroxylation is 1. The topological polar surface area (TPSA) is 62.7 Å². The smallest absolute Gasteiger partial charge is 0.282 e. The third-order valence-electron chi connectivity index (χ3n) is 6.37. The molecule has 6 heteroatoms. The molecule has 1 aliphatic rings. The number of nitrogens with zero attached hydrogens (tertiary/aromatic N) is 3. The summed E-state index contributed by atoms with van der Waals surface area (Å²) >= 11 is 0. The number of ether oxygens (including phenoxy) is 1. The van der Waals surface area contributed by atoms with E-state index in [1.54, 1.807) is 19.5 Å². The van der Waals surface area contributed by atoms with Gasteiger partial charge in [0.15, 0.2) is 0 Å². The van der Waals surface area contributed by atoms with Crippen molar-refractivity contribution in [2.75, 3.05) is 25.1 Å². The van der Waals surface area contributed by atoms with Crippen LogP contribution in [0.1, 0.15) is 29.2 Å². The molecule has 3 aromatic rings. The maximum Gasteiger partial charge on any atom is 0.282 e. The van der Waals surface area contributed by atoms with E-state index in [1.165, 1.54) is 4.90 Å². The fourth-order valence-corrected chi connectivity index (χ4v) is 4.34. The maximum atomic E-state index is 13.9. The van der Waals surface area contributed by atoms with Gasteiger partial charge in [-0.15, -0.1) is 0 Å². The van der Waals surface area contributed by atoms with Gasteiger partial charge in [-0.3, -0.25) is 14.6 Å². The first kappa shape index (κ1) is 23.2. The van der Waals surface area contributed by atoms with Crippen molar-refractivity contribution in [1.29, 1.82) is 0 Å². The molecule has 0 saturated heterocycles. The van der Waals surface area contributed by atoms with E-state index in [0.717, 1.165) is 23.1 Å². The highest BCUT2D eigenvalue weighted by molar-refractivity contribution is 6.45. The predicted molar refractivity (Wildman–Crippen MR) is 134 cm³/mol. The predicted octanol–water partition coefficient (Wildman–Crippen LogP) is 4.56. The van der Waals surface area contributed by atoms with Gasteiger partial charge in [-0.1, -0.05) is 30.3 Å². The Morgan fingerprint density at radius 1 is 0.941 bits per heavy atom. The van der Waals surface area contributed by atoms with Crippen molar-refractivity contribution in [2.24, 2.45) is 0 Å². The third kappa shape index (κ3) is 4.19. The van der Waals surface area contributed by atoms with Crippen LogP contribution in [0, 0.1) is 13.8 Å². The Balaban J connectivity index is 1.83. The number of rotatable bonds is 8. The van der Waals surface area contributed by atoms with E-state index >= 15 is 0 Å². The summed E-state index contributed by atoms with van der Waals surface area (Å²) in [5.41, 5.74) is 5.07. The Morgan fingerprint density at radius 3 is 2.38 bits per heavy atom. The number of para-hydroxylation sites is 1. The van der Waals surface area contributed by atoms with Gasteiger partial charge in [0, 0.05) is 31.0 Å². The molecule has 0 spiro atoms. The number of hydrogen-bond acceptors (Lipinski definition) is 5. The number of hydrogen-bond donors (Lipinski definition) is 0. The minimum Gasteiger partial charge on any atom is -0.496 e. The summed E-state index contributed by atoms with van der Waals surface area (Å²) in [6.07, 6.45) is 4.25. The molecule has 4 rings (SSSR count). The van der Waals surface area contributed by atoms with Crippen LogP contribution in [0.3, 0.4) is 0 Å². The maximum absolute atomic E-state index is 13.9. The lowest BCUT2D eigenvalue weighted by Crippen LogP contribution is -2.36. The SMILES string of the molecule is CCN(CCc1ccncc1)C1=C(c2ccccc2OC)C(=O)N(c2cccc(C)c2C)C1=O. The van der Waals surface area contributed by atoms with Crippen molar-refractivity contribution in [3.63, 3.8) is 0 Å². The highest BCUT2D eigenvalue weighted by atomic mass is 16.5. The van der Waals surface area contributed by atoms with Crippen LogP contribution in [0.4, 0.5) is 5.69 Å². The molecule has 0 unspecified atom stereocenters. The van der Waals surface area contributed by atoms with E-state index in [-0.39, 0.29) is 11.8 Å².